The number of carbonyl (C=O) groups is 2. The number of morpholine rings is 1. The third-order valence-electron chi connectivity index (χ3n) is 3.40. The third kappa shape index (κ3) is 4.42. The Labute approximate surface area is 134 Å². The summed E-state index contributed by atoms with van der Waals surface area (Å²) >= 11 is 0. The Morgan fingerprint density at radius 2 is 1.78 bits per heavy atom. The van der Waals surface area contributed by atoms with Crippen molar-refractivity contribution in [2.75, 3.05) is 43.4 Å². The highest BCUT2D eigenvalue weighted by molar-refractivity contribution is 7.92. The summed E-state index contributed by atoms with van der Waals surface area (Å²) in [4.78, 5) is 25.1. The number of anilines is 1. The lowest BCUT2D eigenvalue weighted by molar-refractivity contribution is -0.116. The number of amides is 2. The minimum atomic E-state index is -3.65. The second-order valence-electron chi connectivity index (χ2n) is 5.19. The number of hydrogen-bond donors (Lipinski definition) is 1. The SMILES string of the molecule is CS(=O)(=O)N(CC(N)=O)c1ccc(C(=O)N2CCOCC2)cc1. The lowest BCUT2D eigenvalue weighted by Gasteiger charge is -2.27. The molecule has 0 bridgehead atoms. The van der Waals surface area contributed by atoms with Crippen molar-refractivity contribution in [3.8, 4) is 0 Å². The molecule has 1 aromatic rings. The molecule has 0 radical (unpaired) electrons. The van der Waals surface area contributed by atoms with E-state index in [2.05, 4.69) is 0 Å². The highest BCUT2D eigenvalue weighted by atomic mass is 32.2. The van der Waals surface area contributed by atoms with E-state index < -0.39 is 22.5 Å². The molecule has 8 nitrogen and oxygen atoms in total. The van der Waals surface area contributed by atoms with Gasteiger partial charge in [0.1, 0.15) is 6.54 Å². The first kappa shape index (κ1) is 17.2. The Hall–Kier alpha value is -2.13. The maximum Gasteiger partial charge on any atom is 0.254 e. The van der Waals surface area contributed by atoms with Crippen LogP contribution in [-0.4, -0.2) is 64.2 Å². The summed E-state index contributed by atoms with van der Waals surface area (Å²) in [6.45, 7) is 1.61. The number of primary amides is 1. The van der Waals surface area contributed by atoms with Gasteiger partial charge in [0.05, 0.1) is 25.2 Å². The van der Waals surface area contributed by atoms with Crippen molar-refractivity contribution in [3.05, 3.63) is 29.8 Å². The van der Waals surface area contributed by atoms with Gasteiger partial charge in [0.2, 0.25) is 15.9 Å². The zero-order chi connectivity index (χ0) is 17.0. The van der Waals surface area contributed by atoms with Crippen molar-refractivity contribution < 1.29 is 22.7 Å². The van der Waals surface area contributed by atoms with Gasteiger partial charge in [-0.15, -0.1) is 0 Å². The van der Waals surface area contributed by atoms with Gasteiger partial charge in [0.15, 0.2) is 0 Å². The molecule has 1 heterocycles. The summed E-state index contributed by atoms with van der Waals surface area (Å²) in [5.74, 6) is -0.899. The number of rotatable bonds is 5. The molecule has 2 N–H and O–H groups in total. The van der Waals surface area contributed by atoms with Crippen molar-refractivity contribution in [3.63, 3.8) is 0 Å². The lowest BCUT2D eigenvalue weighted by atomic mass is 10.1. The summed E-state index contributed by atoms with van der Waals surface area (Å²) < 4.78 is 29.6. The van der Waals surface area contributed by atoms with Gasteiger partial charge < -0.3 is 15.4 Å². The molecule has 0 aliphatic carbocycles. The first-order valence-electron chi connectivity index (χ1n) is 7.02. The highest BCUT2D eigenvalue weighted by Crippen LogP contribution is 2.19. The van der Waals surface area contributed by atoms with Crippen molar-refractivity contribution in [1.82, 2.24) is 4.90 Å². The fraction of sp³-hybridized carbons (Fsp3) is 0.429. The van der Waals surface area contributed by atoms with E-state index in [4.69, 9.17) is 10.5 Å². The first-order valence-corrected chi connectivity index (χ1v) is 8.87. The Bertz CT molecular complexity index is 681. The van der Waals surface area contributed by atoms with E-state index in [1.807, 2.05) is 0 Å². The molecule has 9 heteroatoms. The zero-order valence-electron chi connectivity index (χ0n) is 12.8. The first-order chi connectivity index (χ1) is 10.8. The second kappa shape index (κ2) is 6.97. The standard InChI is InChI=1S/C14H19N3O5S/c1-23(20,21)17(10-13(15)18)12-4-2-11(3-5-12)14(19)16-6-8-22-9-7-16/h2-5H,6-10H2,1H3,(H2,15,18). The molecule has 0 atom stereocenters. The van der Waals surface area contributed by atoms with Crippen LogP contribution in [-0.2, 0) is 19.6 Å². The molecule has 2 rings (SSSR count). The summed E-state index contributed by atoms with van der Waals surface area (Å²) in [6, 6.07) is 6.04. The zero-order valence-corrected chi connectivity index (χ0v) is 13.6. The number of nitrogens with zero attached hydrogens (tertiary/aromatic N) is 2. The molecule has 0 aromatic heterocycles. The third-order valence-corrected chi connectivity index (χ3v) is 4.54. The predicted molar refractivity (Wildman–Crippen MR) is 84.5 cm³/mol. The van der Waals surface area contributed by atoms with Gasteiger partial charge in [-0.2, -0.15) is 0 Å². The quantitative estimate of drug-likeness (QED) is 0.770. The van der Waals surface area contributed by atoms with E-state index in [0.29, 0.717) is 31.9 Å². The average molecular weight is 341 g/mol. The Morgan fingerprint density at radius 1 is 1.22 bits per heavy atom. The predicted octanol–water partition coefficient (Wildman–Crippen LogP) is -0.590. The number of carbonyl (C=O) groups excluding carboxylic acids is 2. The van der Waals surface area contributed by atoms with Crippen LogP contribution in [0, 0.1) is 0 Å². The minimum absolute atomic E-state index is 0.138. The van der Waals surface area contributed by atoms with E-state index in [9.17, 15) is 18.0 Å². The highest BCUT2D eigenvalue weighted by Gasteiger charge is 2.21. The molecular formula is C14H19N3O5S. The van der Waals surface area contributed by atoms with E-state index in [-0.39, 0.29) is 11.6 Å². The van der Waals surface area contributed by atoms with Crippen LogP contribution >= 0.6 is 0 Å². The van der Waals surface area contributed by atoms with Gasteiger partial charge in [0, 0.05) is 18.7 Å². The smallest absolute Gasteiger partial charge is 0.254 e. The fourth-order valence-corrected chi connectivity index (χ4v) is 3.13. The molecule has 0 spiro atoms. The normalized spacial score (nSPS) is 15.3. The van der Waals surface area contributed by atoms with E-state index >= 15 is 0 Å². The maximum absolute atomic E-state index is 12.3. The van der Waals surface area contributed by atoms with Crippen LogP contribution in [0.25, 0.3) is 0 Å². The molecule has 1 fully saturated rings. The molecule has 0 saturated carbocycles. The summed E-state index contributed by atoms with van der Waals surface area (Å²) in [7, 11) is -3.65. The second-order valence-corrected chi connectivity index (χ2v) is 7.09. The summed E-state index contributed by atoms with van der Waals surface area (Å²) in [6.07, 6.45) is 0.989. The molecule has 2 amide bonds. The summed E-state index contributed by atoms with van der Waals surface area (Å²) in [5, 5.41) is 0. The largest absolute Gasteiger partial charge is 0.378 e. The molecule has 1 aromatic carbocycles. The fourth-order valence-electron chi connectivity index (χ4n) is 2.26. The van der Waals surface area contributed by atoms with Crippen LogP contribution in [0.4, 0.5) is 5.69 Å². The van der Waals surface area contributed by atoms with Crippen LogP contribution in [0.1, 0.15) is 10.4 Å². The number of sulfonamides is 1. The number of hydrogen-bond acceptors (Lipinski definition) is 5. The monoisotopic (exact) mass is 341 g/mol. The number of benzene rings is 1. The topological polar surface area (TPSA) is 110 Å². The van der Waals surface area contributed by atoms with E-state index in [0.717, 1.165) is 10.6 Å². The van der Waals surface area contributed by atoms with Crippen molar-refractivity contribution >= 4 is 27.5 Å². The van der Waals surface area contributed by atoms with Crippen molar-refractivity contribution in [1.29, 1.82) is 0 Å². The van der Waals surface area contributed by atoms with Gasteiger partial charge in [-0.1, -0.05) is 0 Å². The van der Waals surface area contributed by atoms with Crippen LogP contribution in [0.2, 0.25) is 0 Å². The van der Waals surface area contributed by atoms with Crippen LogP contribution in [0.15, 0.2) is 24.3 Å². The van der Waals surface area contributed by atoms with Crippen LogP contribution in [0.5, 0.6) is 0 Å². The molecule has 1 aliphatic heterocycles. The molecule has 0 unspecified atom stereocenters. The number of nitrogens with two attached hydrogens (primary N) is 1. The van der Waals surface area contributed by atoms with Crippen LogP contribution < -0.4 is 10.0 Å². The number of ether oxygens (including phenoxy) is 1. The maximum atomic E-state index is 12.3. The van der Waals surface area contributed by atoms with Gasteiger partial charge in [-0.05, 0) is 24.3 Å². The Balaban J connectivity index is 2.20. The Morgan fingerprint density at radius 3 is 2.26 bits per heavy atom. The average Bonchev–Trinajstić information content (AvgIpc) is 2.52. The molecule has 1 saturated heterocycles. The van der Waals surface area contributed by atoms with E-state index in [1.54, 1.807) is 4.90 Å². The Kier molecular flexibility index (Phi) is 5.22. The van der Waals surface area contributed by atoms with Crippen LogP contribution in [0.3, 0.4) is 0 Å². The van der Waals surface area contributed by atoms with Gasteiger partial charge in [-0.3, -0.25) is 13.9 Å². The van der Waals surface area contributed by atoms with E-state index in [1.165, 1.54) is 24.3 Å². The lowest BCUT2D eigenvalue weighted by Crippen LogP contribution is -2.40. The van der Waals surface area contributed by atoms with Gasteiger partial charge >= 0.3 is 0 Å². The van der Waals surface area contributed by atoms with Crippen molar-refractivity contribution in [2.45, 2.75) is 0 Å². The molecule has 1 aliphatic rings. The van der Waals surface area contributed by atoms with Crippen molar-refractivity contribution in [2.24, 2.45) is 5.73 Å². The molecular weight excluding hydrogens is 322 g/mol. The molecule has 23 heavy (non-hydrogen) atoms. The van der Waals surface area contributed by atoms with Gasteiger partial charge in [-0.25, -0.2) is 8.42 Å². The summed E-state index contributed by atoms with van der Waals surface area (Å²) in [5.41, 5.74) is 5.81. The van der Waals surface area contributed by atoms with Gasteiger partial charge in [0.25, 0.3) is 5.91 Å². The minimum Gasteiger partial charge on any atom is -0.378 e. The molecule has 126 valence electrons.